The van der Waals surface area contributed by atoms with E-state index >= 15 is 0 Å². The minimum absolute atomic E-state index is 0.0826. The fourth-order valence-electron chi connectivity index (χ4n) is 3.89. The average molecular weight is 539 g/mol. The van der Waals surface area contributed by atoms with Gasteiger partial charge < -0.3 is 14.4 Å². The molecule has 0 radical (unpaired) electrons. The van der Waals surface area contributed by atoms with Crippen molar-refractivity contribution < 1.29 is 19.2 Å². The van der Waals surface area contributed by atoms with Crippen LogP contribution < -0.4 is 4.74 Å². The van der Waals surface area contributed by atoms with Crippen LogP contribution in [0.4, 0.5) is 0 Å². The van der Waals surface area contributed by atoms with E-state index in [4.69, 9.17) is 32.5 Å². The Morgan fingerprint density at radius 2 is 1.83 bits per heavy atom. The van der Waals surface area contributed by atoms with Gasteiger partial charge in [0.2, 0.25) is 0 Å². The van der Waals surface area contributed by atoms with Crippen molar-refractivity contribution >= 4 is 50.7 Å². The van der Waals surface area contributed by atoms with E-state index in [1.165, 1.54) is 11.3 Å². The quantitative estimate of drug-likeness (QED) is 0.224. The van der Waals surface area contributed by atoms with Crippen molar-refractivity contribution in [2.75, 3.05) is 0 Å². The van der Waals surface area contributed by atoms with Gasteiger partial charge in [-0.2, -0.15) is 0 Å². The topological polar surface area (TPSA) is 85.5 Å². The van der Waals surface area contributed by atoms with Crippen LogP contribution in [0, 0.1) is 0 Å². The monoisotopic (exact) mass is 538 g/mol. The van der Waals surface area contributed by atoms with E-state index in [0.717, 1.165) is 26.4 Å². The predicted octanol–water partition coefficient (Wildman–Crippen LogP) is 8.33. The Labute approximate surface area is 221 Å². The number of ether oxygens (including phenoxy) is 1. The average Bonchev–Trinajstić information content (AvgIpc) is 3.47. The van der Waals surface area contributed by atoms with Crippen molar-refractivity contribution in [2.24, 2.45) is 0 Å². The Kier molecular flexibility index (Phi) is 6.71. The van der Waals surface area contributed by atoms with Gasteiger partial charge in [-0.05, 0) is 42.5 Å². The molecular weight excluding hydrogens is 519 g/mol. The van der Waals surface area contributed by atoms with Crippen LogP contribution in [-0.2, 0) is 6.61 Å². The molecule has 0 unspecified atom stereocenters. The first-order valence-electron chi connectivity index (χ1n) is 11.1. The summed E-state index contributed by atoms with van der Waals surface area (Å²) in [7, 11) is 0. The summed E-state index contributed by atoms with van der Waals surface area (Å²) in [5, 5.41) is 15.3. The lowest BCUT2D eigenvalue weighted by atomic mass is 10.0. The number of aromatic carboxylic acids is 1. The molecule has 9 heteroatoms. The second-order valence-electron chi connectivity index (χ2n) is 8.45. The minimum Gasteiger partial charge on any atom is -0.489 e. The largest absolute Gasteiger partial charge is 0.489 e. The first-order valence-corrected chi connectivity index (χ1v) is 12.7. The maximum atomic E-state index is 11.3. The van der Waals surface area contributed by atoms with E-state index in [9.17, 15) is 9.90 Å². The molecule has 0 aliphatic heterocycles. The Bertz CT molecular complexity index is 1570. The molecule has 0 aliphatic carbocycles. The maximum absolute atomic E-state index is 11.3. The number of carboxylic acids is 1. The molecule has 5 aromatic rings. The molecule has 0 spiro atoms. The Hall–Kier alpha value is -3.39. The molecule has 5 rings (SSSR count). The van der Waals surface area contributed by atoms with Crippen LogP contribution in [0.5, 0.6) is 5.75 Å². The molecule has 0 fully saturated rings. The smallest absolute Gasteiger partial charge is 0.335 e. The summed E-state index contributed by atoms with van der Waals surface area (Å²) >= 11 is 14.4. The molecule has 0 saturated carbocycles. The van der Waals surface area contributed by atoms with E-state index in [1.807, 2.05) is 38.1 Å². The summed E-state index contributed by atoms with van der Waals surface area (Å²) < 4.78 is 12.8. The highest BCUT2D eigenvalue weighted by Crippen LogP contribution is 2.39. The molecule has 36 heavy (non-hydrogen) atoms. The van der Waals surface area contributed by atoms with E-state index in [0.29, 0.717) is 32.8 Å². The van der Waals surface area contributed by atoms with Crippen molar-refractivity contribution in [2.45, 2.75) is 26.4 Å². The number of hydrogen-bond donors (Lipinski definition) is 1. The van der Waals surface area contributed by atoms with Crippen LogP contribution in [0.2, 0.25) is 10.0 Å². The number of carboxylic acid groups (broad SMARTS) is 1. The third kappa shape index (κ3) is 4.69. The highest BCUT2D eigenvalue weighted by molar-refractivity contribution is 7.21. The Balaban J connectivity index is 1.45. The van der Waals surface area contributed by atoms with Gasteiger partial charge >= 0.3 is 5.97 Å². The van der Waals surface area contributed by atoms with Gasteiger partial charge in [0.15, 0.2) is 0 Å². The molecule has 182 valence electrons. The van der Waals surface area contributed by atoms with Crippen LogP contribution in [0.1, 0.15) is 41.4 Å². The lowest BCUT2D eigenvalue weighted by molar-refractivity contribution is 0.0697. The molecule has 0 aliphatic rings. The minimum atomic E-state index is -0.972. The standard InChI is InChI=1S/C27H20Cl2N2O4S/c1-14(2)25-18(24(31-35-25)23-19(28)7-4-8-20(23)29)13-34-17-9-10-21-22(12-17)36-26(30-21)15-5-3-6-16(11-15)27(32)33/h3-12,14H,13H2,1-2H3,(H,32,33). The van der Waals surface area contributed by atoms with Crippen molar-refractivity contribution in [1.29, 1.82) is 0 Å². The Morgan fingerprint density at radius 3 is 2.56 bits per heavy atom. The number of benzene rings is 3. The fraction of sp³-hybridized carbons (Fsp3) is 0.148. The summed E-state index contributed by atoms with van der Waals surface area (Å²) in [6.07, 6.45) is 0. The molecular formula is C27H20Cl2N2O4S. The van der Waals surface area contributed by atoms with E-state index in [-0.39, 0.29) is 18.1 Å². The lowest BCUT2D eigenvalue weighted by Crippen LogP contribution is -2.01. The molecule has 1 N–H and O–H groups in total. The summed E-state index contributed by atoms with van der Waals surface area (Å²) in [5.74, 6) is 0.476. The van der Waals surface area contributed by atoms with E-state index < -0.39 is 5.97 Å². The van der Waals surface area contributed by atoms with Crippen molar-refractivity contribution in [3.8, 4) is 27.6 Å². The summed E-state index contributed by atoms with van der Waals surface area (Å²) in [5.41, 5.74) is 3.75. The predicted molar refractivity (Wildman–Crippen MR) is 142 cm³/mol. The Morgan fingerprint density at radius 1 is 1.08 bits per heavy atom. The number of carbonyl (C=O) groups is 1. The van der Waals surface area contributed by atoms with Crippen LogP contribution in [0.25, 0.3) is 32.0 Å². The lowest BCUT2D eigenvalue weighted by Gasteiger charge is -2.10. The second kappa shape index (κ2) is 9.93. The first kappa shape index (κ1) is 24.3. The molecule has 0 saturated heterocycles. The van der Waals surface area contributed by atoms with Gasteiger partial charge in [-0.3, -0.25) is 0 Å². The van der Waals surface area contributed by atoms with E-state index in [1.54, 1.807) is 36.4 Å². The van der Waals surface area contributed by atoms with Crippen LogP contribution in [0.15, 0.2) is 65.2 Å². The molecule has 2 heterocycles. The highest BCUT2D eigenvalue weighted by Gasteiger charge is 2.24. The number of thiazole rings is 1. The molecule has 0 atom stereocenters. The SMILES string of the molecule is CC(C)c1onc(-c2c(Cl)cccc2Cl)c1COc1ccc2nc(-c3cccc(C(=O)O)c3)sc2c1. The number of rotatable bonds is 7. The third-order valence-corrected chi connectivity index (χ3v) is 7.34. The van der Waals surface area contributed by atoms with Gasteiger partial charge in [-0.15, -0.1) is 11.3 Å². The highest BCUT2D eigenvalue weighted by atomic mass is 35.5. The molecule has 3 aromatic carbocycles. The number of halogens is 2. The maximum Gasteiger partial charge on any atom is 0.335 e. The molecule has 2 aromatic heterocycles. The summed E-state index contributed by atoms with van der Waals surface area (Å²) in [6, 6.07) is 17.7. The van der Waals surface area contributed by atoms with Crippen molar-refractivity contribution in [3.63, 3.8) is 0 Å². The van der Waals surface area contributed by atoms with Gasteiger partial charge in [0.1, 0.15) is 28.8 Å². The first-order chi connectivity index (χ1) is 17.3. The zero-order valence-corrected chi connectivity index (χ0v) is 21.6. The van der Waals surface area contributed by atoms with Crippen LogP contribution in [-0.4, -0.2) is 21.2 Å². The van der Waals surface area contributed by atoms with Crippen LogP contribution >= 0.6 is 34.5 Å². The summed E-state index contributed by atoms with van der Waals surface area (Å²) in [4.78, 5) is 16.0. The number of fused-ring (bicyclic) bond motifs is 1. The van der Waals surface area contributed by atoms with Crippen molar-refractivity contribution in [1.82, 2.24) is 10.1 Å². The summed E-state index contributed by atoms with van der Waals surface area (Å²) in [6.45, 7) is 4.25. The van der Waals surface area contributed by atoms with Gasteiger partial charge in [-0.1, -0.05) is 60.4 Å². The van der Waals surface area contributed by atoms with Gasteiger partial charge in [0.25, 0.3) is 0 Å². The number of nitrogens with zero attached hydrogens (tertiary/aromatic N) is 2. The zero-order chi connectivity index (χ0) is 25.4. The molecule has 0 bridgehead atoms. The van der Waals surface area contributed by atoms with Gasteiger partial charge in [0.05, 0.1) is 31.4 Å². The van der Waals surface area contributed by atoms with Gasteiger partial charge in [-0.25, -0.2) is 9.78 Å². The zero-order valence-electron chi connectivity index (χ0n) is 19.3. The second-order valence-corrected chi connectivity index (χ2v) is 10.3. The van der Waals surface area contributed by atoms with Crippen LogP contribution in [0.3, 0.4) is 0 Å². The van der Waals surface area contributed by atoms with E-state index in [2.05, 4.69) is 10.1 Å². The molecule has 6 nitrogen and oxygen atoms in total. The fourth-order valence-corrected chi connectivity index (χ4v) is 5.46. The number of hydrogen-bond acceptors (Lipinski definition) is 6. The van der Waals surface area contributed by atoms with Crippen molar-refractivity contribution in [3.05, 3.63) is 87.6 Å². The van der Waals surface area contributed by atoms with Gasteiger partial charge in [0, 0.05) is 17.0 Å². The normalized spacial score (nSPS) is 11.4. The molecule has 0 amide bonds. The number of aromatic nitrogens is 2. The third-order valence-electron chi connectivity index (χ3n) is 5.64.